The van der Waals surface area contributed by atoms with E-state index in [2.05, 4.69) is 118 Å². The minimum absolute atomic E-state index is 0.145. The van der Waals surface area contributed by atoms with Crippen LogP contribution in [0.15, 0.2) is 97.2 Å². The summed E-state index contributed by atoms with van der Waals surface area (Å²) in [5.74, 6) is -1.49. The number of carbonyl (C=O) groups is 3. The molecule has 0 amide bonds. The minimum atomic E-state index is -4.77. The maximum Gasteiger partial charge on any atom is 0.472 e. The molecule has 0 saturated heterocycles. The van der Waals surface area contributed by atoms with Gasteiger partial charge in [-0.25, -0.2) is 4.57 Å². The third-order valence-electron chi connectivity index (χ3n) is 13.5. The quantitative estimate of drug-likeness (QED) is 0.0197. The van der Waals surface area contributed by atoms with Gasteiger partial charge in [-0.1, -0.05) is 240 Å². The predicted molar refractivity (Wildman–Crippen MR) is 334 cm³/mol. The Morgan fingerprint density at radius 3 is 1.01 bits per heavy atom. The van der Waals surface area contributed by atoms with Crippen LogP contribution in [0, 0.1) is 0 Å². The number of aliphatic hydroxyl groups is 1. The van der Waals surface area contributed by atoms with Crippen molar-refractivity contribution < 1.29 is 52.2 Å². The summed E-state index contributed by atoms with van der Waals surface area (Å²) in [6.07, 6.45) is 73.5. The van der Waals surface area contributed by atoms with Crippen molar-refractivity contribution in [3.8, 4) is 0 Å². The number of carbonyl (C=O) groups excluding carboxylic acids is 3. The molecule has 3 unspecified atom stereocenters. The molecule has 0 fully saturated rings. The number of phosphoric ester groups is 1. The minimum Gasteiger partial charge on any atom is -0.462 e. The number of phosphoric acid groups is 1. The van der Waals surface area contributed by atoms with Gasteiger partial charge in [-0.3, -0.25) is 23.4 Å². The van der Waals surface area contributed by atoms with Crippen LogP contribution in [0.5, 0.6) is 0 Å². The lowest BCUT2D eigenvalue weighted by Crippen LogP contribution is -2.30. The molecule has 0 aliphatic carbocycles. The maximum absolute atomic E-state index is 13.0. The Morgan fingerprint density at radius 2 is 0.650 bits per heavy atom. The van der Waals surface area contributed by atoms with Crippen molar-refractivity contribution in [1.82, 2.24) is 0 Å². The number of allylic oxidation sites excluding steroid dienone is 16. The fourth-order valence-electron chi connectivity index (χ4n) is 8.65. The SMILES string of the molecule is CC/C=C\C/C=C\C/C=C\C/C=C\CCCCCCCCC(=O)OC(COC(=O)CCCCCCCCC/C=C\C/C=C\C/C=C\CC)COP(=O)(O)OCC(CO)OC(=O)CCCCCCCCC/C=C\CCCCCCCC. The number of ether oxygens (including phenoxy) is 3. The second-order valence-corrected chi connectivity index (χ2v) is 22.6. The van der Waals surface area contributed by atoms with Crippen LogP contribution < -0.4 is 0 Å². The molecule has 0 rings (SSSR count). The van der Waals surface area contributed by atoms with Gasteiger partial charge in [-0.15, -0.1) is 0 Å². The van der Waals surface area contributed by atoms with E-state index in [1.165, 1.54) is 77.0 Å². The van der Waals surface area contributed by atoms with Crippen LogP contribution >= 0.6 is 7.82 Å². The van der Waals surface area contributed by atoms with Crippen molar-refractivity contribution in [2.75, 3.05) is 26.4 Å². The van der Waals surface area contributed by atoms with Crippen LogP contribution in [-0.2, 0) is 42.2 Å². The average molecular weight is 1140 g/mol. The van der Waals surface area contributed by atoms with E-state index in [9.17, 15) is 28.9 Å². The Bertz CT molecular complexity index is 1710. The Hall–Kier alpha value is -3.60. The van der Waals surface area contributed by atoms with Crippen LogP contribution in [0.25, 0.3) is 0 Å². The molecule has 0 aliphatic rings. The standard InChI is InChI=1S/C68H117O11P/c1-4-7-10-13-16-19-22-25-28-31-32-35-38-41-44-47-50-53-56-59-68(72)79-65(61-75-66(70)57-54-51-48-45-42-39-36-33-29-26-23-20-17-14-11-8-5-2)63-77-80(73,74)76-62-64(60-69)78-67(71)58-55-52-49-46-43-40-37-34-30-27-24-21-18-15-12-9-6-3/h7-8,10-11,16-17,19-20,25-30,32,35,64-65,69H,4-6,9,12-15,18,21-24,31,33-34,36-63H2,1-3H3,(H,73,74)/b10-7-,11-8-,19-16-,20-17-,28-25-,29-26-,30-27-,35-32-. The largest absolute Gasteiger partial charge is 0.472 e. The van der Waals surface area contributed by atoms with Crippen LogP contribution in [0.1, 0.15) is 278 Å². The molecular weight excluding hydrogens is 1020 g/mol. The first-order valence-corrected chi connectivity index (χ1v) is 33.6. The zero-order valence-corrected chi connectivity index (χ0v) is 51.9. The van der Waals surface area contributed by atoms with Crippen molar-refractivity contribution in [2.24, 2.45) is 0 Å². The average Bonchev–Trinajstić information content (AvgIpc) is 3.45. The van der Waals surface area contributed by atoms with Gasteiger partial charge in [0.25, 0.3) is 0 Å². The van der Waals surface area contributed by atoms with Crippen molar-refractivity contribution in [3.05, 3.63) is 97.2 Å². The molecule has 0 spiro atoms. The van der Waals surface area contributed by atoms with Gasteiger partial charge >= 0.3 is 25.7 Å². The van der Waals surface area contributed by atoms with E-state index in [0.717, 1.165) is 141 Å². The van der Waals surface area contributed by atoms with Crippen molar-refractivity contribution in [3.63, 3.8) is 0 Å². The lowest BCUT2D eigenvalue weighted by Gasteiger charge is -2.21. The van der Waals surface area contributed by atoms with E-state index in [0.29, 0.717) is 19.3 Å². The third kappa shape index (κ3) is 59.0. The van der Waals surface area contributed by atoms with Gasteiger partial charge in [0.2, 0.25) is 0 Å². The smallest absolute Gasteiger partial charge is 0.462 e. The molecule has 0 bridgehead atoms. The Balaban J connectivity index is 4.74. The Morgan fingerprint density at radius 1 is 0.362 bits per heavy atom. The molecule has 0 aromatic rings. The zero-order chi connectivity index (χ0) is 58.3. The predicted octanol–water partition coefficient (Wildman–Crippen LogP) is 19.6. The molecule has 12 heteroatoms. The summed E-state index contributed by atoms with van der Waals surface area (Å²) >= 11 is 0. The molecular formula is C68H117O11P. The second kappa shape index (κ2) is 61.5. The zero-order valence-electron chi connectivity index (χ0n) is 51.0. The van der Waals surface area contributed by atoms with Gasteiger partial charge in [0, 0.05) is 19.3 Å². The summed E-state index contributed by atoms with van der Waals surface area (Å²) in [6, 6.07) is 0. The van der Waals surface area contributed by atoms with Gasteiger partial charge in [0.05, 0.1) is 19.8 Å². The lowest BCUT2D eigenvalue weighted by molar-refractivity contribution is -0.161. The van der Waals surface area contributed by atoms with E-state index in [1.807, 2.05) is 0 Å². The monoisotopic (exact) mass is 1140 g/mol. The second-order valence-electron chi connectivity index (χ2n) is 21.2. The number of esters is 3. The Kier molecular flexibility index (Phi) is 58.7. The van der Waals surface area contributed by atoms with Crippen LogP contribution in [-0.4, -0.2) is 66.5 Å². The molecule has 0 aromatic heterocycles. The van der Waals surface area contributed by atoms with Gasteiger partial charge in [-0.05, 0) is 116 Å². The van der Waals surface area contributed by atoms with Crippen LogP contribution in [0.4, 0.5) is 0 Å². The summed E-state index contributed by atoms with van der Waals surface area (Å²) in [6.45, 7) is 4.42. The summed E-state index contributed by atoms with van der Waals surface area (Å²) in [4.78, 5) is 48.8. The fraction of sp³-hybridized carbons (Fsp3) is 0.721. The highest BCUT2D eigenvalue weighted by molar-refractivity contribution is 7.47. The van der Waals surface area contributed by atoms with Crippen molar-refractivity contribution in [2.45, 2.75) is 290 Å². The fourth-order valence-corrected chi connectivity index (χ4v) is 9.44. The number of unbranched alkanes of at least 4 members (excludes halogenated alkanes) is 26. The molecule has 0 saturated carbocycles. The highest BCUT2D eigenvalue weighted by Crippen LogP contribution is 2.43. The summed E-state index contributed by atoms with van der Waals surface area (Å²) in [5.41, 5.74) is 0. The van der Waals surface area contributed by atoms with Crippen LogP contribution in [0.3, 0.4) is 0 Å². The molecule has 0 radical (unpaired) electrons. The van der Waals surface area contributed by atoms with Crippen LogP contribution in [0.2, 0.25) is 0 Å². The summed E-state index contributed by atoms with van der Waals surface area (Å²) in [5, 5.41) is 9.86. The van der Waals surface area contributed by atoms with Crippen molar-refractivity contribution >= 4 is 25.7 Å². The molecule has 2 N–H and O–H groups in total. The highest BCUT2D eigenvalue weighted by Gasteiger charge is 2.28. The molecule has 80 heavy (non-hydrogen) atoms. The van der Waals surface area contributed by atoms with Gasteiger partial charge < -0.3 is 24.2 Å². The van der Waals surface area contributed by atoms with Crippen molar-refractivity contribution in [1.29, 1.82) is 0 Å². The third-order valence-corrected chi connectivity index (χ3v) is 14.4. The number of rotatable bonds is 59. The van der Waals surface area contributed by atoms with E-state index in [-0.39, 0.29) is 25.9 Å². The topological polar surface area (TPSA) is 155 Å². The molecule has 3 atom stereocenters. The normalized spacial score (nSPS) is 13.9. The van der Waals surface area contributed by atoms with E-state index >= 15 is 0 Å². The summed E-state index contributed by atoms with van der Waals surface area (Å²) in [7, 11) is -4.77. The number of aliphatic hydroxyl groups excluding tert-OH is 1. The van der Waals surface area contributed by atoms with Gasteiger partial charge in [0.1, 0.15) is 12.7 Å². The first-order valence-electron chi connectivity index (χ1n) is 32.1. The molecule has 460 valence electrons. The highest BCUT2D eigenvalue weighted by atomic mass is 31.2. The maximum atomic E-state index is 13.0. The lowest BCUT2D eigenvalue weighted by atomic mass is 10.1. The Labute approximate surface area is 489 Å². The molecule has 11 nitrogen and oxygen atoms in total. The molecule has 0 aromatic carbocycles. The first kappa shape index (κ1) is 76.4. The van der Waals surface area contributed by atoms with E-state index < -0.39 is 57.8 Å². The van der Waals surface area contributed by atoms with Gasteiger partial charge in [0.15, 0.2) is 6.10 Å². The van der Waals surface area contributed by atoms with E-state index in [4.69, 9.17) is 23.3 Å². The number of hydrogen-bond acceptors (Lipinski definition) is 10. The molecule has 0 heterocycles. The molecule has 0 aliphatic heterocycles. The van der Waals surface area contributed by atoms with Gasteiger partial charge in [-0.2, -0.15) is 0 Å². The first-order chi connectivity index (χ1) is 39.2. The number of hydrogen-bond donors (Lipinski definition) is 2. The summed E-state index contributed by atoms with van der Waals surface area (Å²) < 4.78 is 39.7. The van der Waals surface area contributed by atoms with E-state index in [1.54, 1.807) is 0 Å².